The van der Waals surface area contributed by atoms with Crippen molar-refractivity contribution in [3.63, 3.8) is 0 Å². The van der Waals surface area contributed by atoms with Crippen LogP contribution in [0.2, 0.25) is 0 Å². The first-order valence-electron chi connectivity index (χ1n) is 8.89. The Labute approximate surface area is 161 Å². The zero-order valence-corrected chi connectivity index (χ0v) is 16.9. The van der Waals surface area contributed by atoms with Crippen LogP contribution in [-0.2, 0) is 17.8 Å². The number of rotatable bonds is 4. The topological polar surface area (TPSA) is 44.1 Å². The van der Waals surface area contributed by atoms with Crippen LogP contribution >= 0.6 is 23.1 Å². The van der Waals surface area contributed by atoms with Crippen LogP contribution in [0.15, 0.2) is 40.3 Å². The van der Waals surface area contributed by atoms with Crippen LogP contribution in [0.1, 0.15) is 37.6 Å². The number of hydrogen-bond donors (Lipinski definition) is 0. The van der Waals surface area contributed by atoms with Gasteiger partial charge in [-0.25, -0.2) is 4.98 Å². The molecule has 0 amide bonds. The molecule has 4 nitrogen and oxygen atoms in total. The van der Waals surface area contributed by atoms with Crippen LogP contribution < -0.4 is 5.56 Å². The number of fused-ring (bicyclic) bond motifs is 3. The predicted octanol–water partition coefficient (Wildman–Crippen LogP) is 4.80. The molecule has 0 bridgehead atoms. The lowest BCUT2D eigenvalue weighted by Crippen LogP contribution is -2.30. The maximum Gasteiger partial charge on any atom is 0.276 e. The van der Waals surface area contributed by atoms with Crippen molar-refractivity contribution in [2.24, 2.45) is 0 Å². The van der Waals surface area contributed by atoms with Gasteiger partial charge < -0.3 is 4.74 Å². The van der Waals surface area contributed by atoms with Crippen molar-refractivity contribution in [3.8, 4) is 5.69 Å². The minimum Gasteiger partial charge on any atom is -0.370 e. The Morgan fingerprint density at radius 2 is 2.08 bits per heavy atom. The van der Waals surface area contributed by atoms with Crippen molar-refractivity contribution in [3.05, 3.63) is 51.1 Å². The Morgan fingerprint density at radius 1 is 1.31 bits per heavy atom. The van der Waals surface area contributed by atoms with Gasteiger partial charge in [0.1, 0.15) is 4.70 Å². The lowest BCUT2D eigenvalue weighted by atomic mass is 9.98. The molecule has 0 unspecified atom stereocenters. The van der Waals surface area contributed by atoms with Gasteiger partial charge in [0.25, 0.3) is 5.56 Å². The Bertz CT molecular complexity index is 1010. The van der Waals surface area contributed by atoms with E-state index in [1.165, 1.54) is 4.88 Å². The molecule has 4 rings (SSSR count). The Morgan fingerprint density at radius 3 is 2.81 bits per heavy atom. The number of benzene rings is 1. The predicted molar refractivity (Wildman–Crippen MR) is 109 cm³/mol. The van der Waals surface area contributed by atoms with Crippen molar-refractivity contribution in [2.75, 3.05) is 5.75 Å². The number of thiophene rings is 1. The van der Waals surface area contributed by atoms with Crippen molar-refractivity contribution in [1.29, 1.82) is 0 Å². The average Bonchev–Trinajstić information content (AvgIpc) is 2.97. The second kappa shape index (κ2) is 6.83. The minimum absolute atomic E-state index is 0.0250. The highest BCUT2D eigenvalue weighted by Crippen LogP contribution is 2.37. The molecule has 3 heterocycles. The van der Waals surface area contributed by atoms with Crippen molar-refractivity contribution >= 4 is 33.3 Å². The molecule has 1 aliphatic rings. The van der Waals surface area contributed by atoms with Gasteiger partial charge in [0.05, 0.1) is 23.4 Å². The van der Waals surface area contributed by atoms with Crippen molar-refractivity contribution in [1.82, 2.24) is 9.55 Å². The summed E-state index contributed by atoms with van der Waals surface area (Å²) in [5.41, 5.74) is 2.63. The second-order valence-electron chi connectivity index (χ2n) is 7.13. The molecule has 0 saturated heterocycles. The molecule has 2 aromatic heterocycles. The summed E-state index contributed by atoms with van der Waals surface area (Å²) in [6.45, 7) is 6.86. The SMILES string of the molecule is CCCSc1nc2c3c(sc2c(=O)n1-c1ccccc1)CC(C)(C)OC3. The Balaban J connectivity index is 1.96. The molecule has 1 aliphatic heterocycles. The van der Waals surface area contributed by atoms with E-state index >= 15 is 0 Å². The molecule has 0 saturated carbocycles. The molecule has 0 atom stereocenters. The summed E-state index contributed by atoms with van der Waals surface area (Å²) in [4.78, 5) is 19.5. The van der Waals surface area contributed by atoms with Crippen molar-refractivity contribution in [2.45, 2.75) is 51.0 Å². The number of ether oxygens (including phenoxy) is 1. The van der Waals surface area contributed by atoms with Gasteiger partial charge in [0.2, 0.25) is 0 Å². The molecular weight excluding hydrogens is 364 g/mol. The van der Waals surface area contributed by atoms with Crippen LogP contribution in [0, 0.1) is 0 Å². The zero-order chi connectivity index (χ0) is 18.3. The highest BCUT2D eigenvalue weighted by Gasteiger charge is 2.31. The third-order valence-corrected chi connectivity index (χ3v) is 6.86. The molecule has 1 aromatic carbocycles. The summed E-state index contributed by atoms with van der Waals surface area (Å²) in [6, 6.07) is 9.80. The van der Waals surface area contributed by atoms with E-state index in [0.29, 0.717) is 6.61 Å². The van der Waals surface area contributed by atoms with Gasteiger partial charge in [0.15, 0.2) is 5.16 Å². The highest BCUT2D eigenvalue weighted by molar-refractivity contribution is 7.99. The monoisotopic (exact) mass is 386 g/mol. The molecule has 0 spiro atoms. The van der Waals surface area contributed by atoms with Gasteiger partial charge in [-0.2, -0.15) is 0 Å². The quantitative estimate of drug-likeness (QED) is 0.477. The first-order chi connectivity index (χ1) is 12.5. The third kappa shape index (κ3) is 3.10. The number of aromatic nitrogens is 2. The fraction of sp³-hybridized carbons (Fsp3) is 0.400. The molecule has 0 aliphatic carbocycles. The molecule has 26 heavy (non-hydrogen) atoms. The van der Waals surface area contributed by atoms with Crippen LogP contribution in [0.3, 0.4) is 0 Å². The third-order valence-electron chi connectivity index (χ3n) is 4.50. The van der Waals surface area contributed by atoms with Gasteiger partial charge in [-0.15, -0.1) is 11.3 Å². The first kappa shape index (κ1) is 17.8. The summed E-state index contributed by atoms with van der Waals surface area (Å²) in [5.74, 6) is 0.931. The molecule has 0 fully saturated rings. The van der Waals surface area contributed by atoms with Gasteiger partial charge in [0, 0.05) is 22.6 Å². The summed E-state index contributed by atoms with van der Waals surface area (Å²) < 4.78 is 8.48. The van der Waals surface area contributed by atoms with E-state index in [-0.39, 0.29) is 11.2 Å². The maximum absolute atomic E-state index is 13.4. The van der Waals surface area contributed by atoms with Gasteiger partial charge in [-0.1, -0.05) is 36.9 Å². The summed E-state index contributed by atoms with van der Waals surface area (Å²) in [7, 11) is 0. The van der Waals surface area contributed by atoms with Crippen LogP contribution in [0.25, 0.3) is 15.9 Å². The summed E-state index contributed by atoms with van der Waals surface area (Å²) in [5, 5.41) is 0.765. The molecule has 3 aromatic rings. The van der Waals surface area contributed by atoms with Crippen molar-refractivity contribution < 1.29 is 4.74 Å². The van der Waals surface area contributed by atoms with E-state index in [9.17, 15) is 4.79 Å². The molecular formula is C20H22N2O2S2. The van der Waals surface area contributed by atoms with E-state index in [1.54, 1.807) is 27.7 Å². The maximum atomic E-state index is 13.4. The Kier molecular flexibility index (Phi) is 4.67. The van der Waals surface area contributed by atoms with E-state index in [0.717, 1.165) is 45.2 Å². The van der Waals surface area contributed by atoms with Crippen LogP contribution in [0.5, 0.6) is 0 Å². The number of hydrogen-bond acceptors (Lipinski definition) is 5. The summed E-state index contributed by atoms with van der Waals surface area (Å²) >= 11 is 3.23. The lowest BCUT2D eigenvalue weighted by Gasteiger charge is -2.29. The first-order valence-corrected chi connectivity index (χ1v) is 10.7. The second-order valence-corrected chi connectivity index (χ2v) is 9.29. The van der Waals surface area contributed by atoms with Crippen LogP contribution in [-0.4, -0.2) is 20.9 Å². The fourth-order valence-electron chi connectivity index (χ4n) is 3.19. The minimum atomic E-state index is -0.188. The summed E-state index contributed by atoms with van der Waals surface area (Å²) in [6.07, 6.45) is 1.86. The standard InChI is InChI=1S/C20H22N2O2S2/c1-4-10-25-19-21-16-14-12-24-20(2,3)11-15(14)26-17(16)18(23)22(19)13-8-6-5-7-9-13/h5-9H,4,10-12H2,1-3H3. The van der Waals surface area contributed by atoms with Gasteiger partial charge in [-0.05, 0) is 32.4 Å². The highest BCUT2D eigenvalue weighted by atomic mass is 32.2. The average molecular weight is 387 g/mol. The largest absolute Gasteiger partial charge is 0.370 e. The van der Waals surface area contributed by atoms with Gasteiger partial charge in [-0.3, -0.25) is 9.36 Å². The van der Waals surface area contributed by atoms with E-state index in [1.807, 2.05) is 30.3 Å². The molecule has 0 radical (unpaired) electrons. The smallest absolute Gasteiger partial charge is 0.276 e. The van der Waals surface area contributed by atoms with E-state index < -0.39 is 0 Å². The number of para-hydroxylation sites is 1. The molecule has 6 heteroatoms. The number of thioether (sulfide) groups is 1. The molecule has 0 N–H and O–H groups in total. The van der Waals surface area contributed by atoms with Crippen LogP contribution in [0.4, 0.5) is 0 Å². The zero-order valence-electron chi connectivity index (χ0n) is 15.2. The lowest BCUT2D eigenvalue weighted by molar-refractivity contribution is -0.0383. The fourth-order valence-corrected chi connectivity index (χ4v) is 5.44. The van der Waals surface area contributed by atoms with E-state index in [4.69, 9.17) is 9.72 Å². The number of nitrogens with zero attached hydrogens (tertiary/aromatic N) is 2. The molecule has 136 valence electrons. The van der Waals surface area contributed by atoms with Gasteiger partial charge >= 0.3 is 0 Å². The normalized spacial score (nSPS) is 16.0. The Hall–Kier alpha value is -1.63. The van der Waals surface area contributed by atoms with E-state index in [2.05, 4.69) is 20.8 Å².